The number of rotatable bonds is 5. The fraction of sp³-hybridized carbons (Fsp3) is 0.261. The molecule has 142 valence electrons. The van der Waals surface area contributed by atoms with Gasteiger partial charge in [0.25, 0.3) is 0 Å². The minimum absolute atomic E-state index is 0.00462. The van der Waals surface area contributed by atoms with Crippen molar-refractivity contribution in [1.29, 1.82) is 0 Å². The molecule has 1 aliphatic rings. The third-order valence-corrected chi connectivity index (χ3v) is 5.09. The van der Waals surface area contributed by atoms with Crippen LogP contribution < -0.4 is 10.6 Å². The Labute approximate surface area is 165 Å². The Morgan fingerprint density at radius 1 is 1.14 bits per heavy atom. The smallest absolute Gasteiger partial charge is 0.239 e. The zero-order valence-corrected chi connectivity index (χ0v) is 16.0. The van der Waals surface area contributed by atoms with E-state index in [1.54, 1.807) is 6.20 Å². The molecule has 4 rings (SSSR count). The average molecular weight is 372 g/mol. The number of nitrogens with zero attached hydrogens (tertiary/aromatic N) is 2. The van der Waals surface area contributed by atoms with E-state index in [-0.39, 0.29) is 18.5 Å². The summed E-state index contributed by atoms with van der Waals surface area (Å²) in [5, 5.41) is 6.40. The number of fused-ring (bicyclic) bond motifs is 1. The van der Waals surface area contributed by atoms with E-state index in [1.165, 1.54) is 11.1 Å². The first kappa shape index (κ1) is 18.2. The molecule has 0 bridgehead atoms. The summed E-state index contributed by atoms with van der Waals surface area (Å²) in [6.45, 7) is 2.12. The van der Waals surface area contributed by atoms with Crippen molar-refractivity contribution in [3.8, 4) is 11.3 Å². The van der Waals surface area contributed by atoms with Gasteiger partial charge >= 0.3 is 0 Å². The van der Waals surface area contributed by atoms with Crippen LogP contribution in [-0.4, -0.2) is 22.4 Å². The normalized spacial score (nSPS) is 15.5. The first-order chi connectivity index (χ1) is 13.7. The summed E-state index contributed by atoms with van der Waals surface area (Å²) in [6, 6.07) is 18.3. The first-order valence-electron chi connectivity index (χ1n) is 9.70. The molecule has 0 unspecified atom stereocenters. The molecule has 0 saturated heterocycles. The summed E-state index contributed by atoms with van der Waals surface area (Å²) in [7, 11) is 0. The van der Waals surface area contributed by atoms with Crippen molar-refractivity contribution in [3.05, 3.63) is 77.7 Å². The maximum atomic E-state index is 12.5. The van der Waals surface area contributed by atoms with E-state index in [4.69, 9.17) is 0 Å². The maximum Gasteiger partial charge on any atom is 0.239 e. The van der Waals surface area contributed by atoms with Gasteiger partial charge in [-0.05, 0) is 55.5 Å². The van der Waals surface area contributed by atoms with Crippen LogP contribution in [0.25, 0.3) is 11.3 Å². The third-order valence-electron chi connectivity index (χ3n) is 5.09. The highest BCUT2D eigenvalue weighted by Gasteiger charge is 2.21. The lowest BCUT2D eigenvalue weighted by atomic mass is 9.88. The van der Waals surface area contributed by atoms with Crippen molar-refractivity contribution in [2.24, 2.45) is 0 Å². The van der Waals surface area contributed by atoms with Crippen LogP contribution >= 0.6 is 0 Å². The summed E-state index contributed by atoms with van der Waals surface area (Å²) in [5.41, 5.74) is 5.37. The number of nitrogens with one attached hydrogen (secondary N) is 2. The van der Waals surface area contributed by atoms with E-state index in [0.29, 0.717) is 0 Å². The van der Waals surface area contributed by atoms with Crippen LogP contribution in [0.1, 0.15) is 35.8 Å². The van der Waals surface area contributed by atoms with Crippen LogP contribution in [0.2, 0.25) is 0 Å². The van der Waals surface area contributed by atoms with Gasteiger partial charge in [-0.2, -0.15) is 0 Å². The Kier molecular flexibility index (Phi) is 5.33. The lowest BCUT2D eigenvalue weighted by molar-refractivity contribution is -0.120. The number of anilines is 1. The van der Waals surface area contributed by atoms with Crippen LogP contribution in [-0.2, 0) is 11.2 Å². The molecule has 1 heterocycles. The van der Waals surface area contributed by atoms with Gasteiger partial charge in [-0.3, -0.25) is 4.79 Å². The second-order valence-electron chi connectivity index (χ2n) is 7.13. The van der Waals surface area contributed by atoms with Crippen LogP contribution in [0.4, 0.5) is 5.69 Å². The predicted molar refractivity (Wildman–Crippen MR) is 111 cm³/mol. The topological polar surface area (TPSA) is 66.9 Å². The predicted octanol–water partition coefficient (Wildman–Crippen LogP) is 4.06. The Bertz CT molecular complexity index is 986. The molecule has 1 amide bonds. The van der Waals surface area contributed by atoms with Gasteiger partial charge in [0, 0.05) is 17.4 Å². The molecule has 1 aromatic heterocycles. The van der Waals surface area contributed by atoms with Gasteiger partial charge in [0.2, 0.25) is 5.91 Å². The molecular formula is C23H24N4O. The van der Waals surface area contributed by atoms with Gasteiger partial charge < -0.3 is 10.6 Å². The molecule has 0 aliphatic heterocycles. The number of aryl methyl sites for hydroxylation is 2. The summed E-state index contributed by atoms with van der Waals surface area (Å²) >= 11 is 0. The van der Waals surface area contributed by atoms with Gasteiger partial charge in [-0.25, -0.2) is 9.97 Å². The van der Waals surface area contributed by atoms with E-state index >= 15 is 0 Å². The number of benzene rings is 2. The van der Waals surface area contributed by atoms with E-state index < -0.39 is 0 Å². The molecule has 0 spiro atoms. The molecule has 2 aromatic carbocycles. The Morgan fingerprint density at radius 2 is 2.04 bits per heavy atom. The van der Waals surface area contributed by atoms with Gasteiger partial charge in [0.1, 0.15) is 5.82 Å². The number of hydrogen-bond acceptors (Lipinski definition) is 4. The van der Waals surface area contributed by atoms with E-state index in [0.717, 1.165) is 42.0 Å². The van der Waals surface area contributed by atoms with Crippen molar-refractivity contribution in [2.75, 3.05) is 11.9 Å². The minimum atomic E-state index is 0.00462. The standard InChI is InChI=1S/C23H24N4O/c1-16-24-13-12-21(26-16)18-8-4-9-19(14-18)25-15-23(28)27-22-11-5-7-17-6-2-3-10-20(17)22/h2-4,6,8-10,12-14,22,25H,5,7,11,15H2,1H3,(H,27,28)/t22-/m0/s1. The molecule has 0 saturated carbocycles. The molecular weight excluding hydrogens is 348 g/mol. The molecule has 3 aromatic rings. The van der Waals surface area contributed by atoms with Crippen LogP contribution in [0, 0.1) is 6.92 Å². The molecule has 5 heteroatoms. The fourth-order valence-electron chi connectivity index (χ4n) is 3.74. The fourth-order valence-corrected chi connectivity index (χ4v) is 3.74. The SMILES string of the molecule is Cc1nccc(-c2cccc(NCC(=O)N[C@H]3CCCc4ccccc43)c2)n1. The Morgan fingerprint density at radius 3 is 2.93 bits per heavy atom. The second-order valence-corrected chi connectivity index (χ2v) is 7.13. The van der Waals surface area contributed by atoms with Crippen molar-refractivity contribution < 1.29 is 4.79 Å². The third kappa shape index (κ3) is 4.19. The Balaban J connectivity index is 1.39. The quantitative estimate of drug-likeness (QED) is 0.709. The number of hydrogen-bond donors (Lipinski definition) is 2. The van der Waals surface area contributed by atoms with Gasteiger partial charge in [0.15, 0.2) is 0 Å². The summed E-state index contributed by atoms with van der Waals surface area (Å²) < 4.78 is 0. The highest BCUT2D eigenvalue weighted by atomic mass is 16.1. The van der Waals surface area contributed by atoms with Crippen LogP contribution in [0.3, 0.4) is 0 Å². The zero-order valence-electron chi connectivity index (χ0n) is 16.0. The monoisotopic (exact) mass is 372 g/mol. The molecule has 0 radical (unpaired) electrons. The molecule has 1 atom stereocenters. The number of carbonyl (C=O) groups is 1. The van der Waals surface area contributed by atoms with Crippen molar-refractivity contribution in [3.63, 3.8) is 0 Å². The highest BCUT2D eigenvalue weighted by molar-refractivity contribution is 5.81. The largest absolute Gasteiger partial charge is 0.376 e. The van der Waals surface area contributed by atoms with Crippen LogP contribution in [0.15, 0.2) is 60.8 Å². The molecule has 2 N–H and O–H groups in total. The lowest BCUT2D eigenvalue weighted by Crippen LogP contribution is -2.35. The summed E-state index contributed by atoms with van der Waals surface area (Å²) in [4.78, 5) is 21.1. The van der Waals surface area contributed by atoms with Crippen LogP contribution in [0.5, 0.6) is 0 Å². The zero-order chi connectivity index (χ0) is 19.3. The first-order valence-corrected chi connectivity index (χ1v) is 9.70. The maximum absolute atomic E-state index is 12.5. The molecule has 0 fully saturated rings. The minimum Gasteiger partial charge on any atom is -0.376 e. The van der Waals surface area contributed by atoms with E-state index in [2.05, 4.69) is 38.8 Å². The van der Waals surface area contributed by atoms with Gasteiger partial charge in [0.05, 0.1) is 18.3 Å². The number of carbonyl (C=O) groups excluding carboxylic acids is 1. The van der Waals surface area contributed by atoms with Crippen molar-refractivity contribution >= 4 is 11.6 Å². The highest BCUT2D eigenvalue weighted by Crippen LogP contribution is 2.29. The van der Waals surface area contributed by atoms with Gasteiger partial charge in [-0.15, -0.1) is 0 Å². The van der Waals surface area contributed by atoms with E-state index in [1.807, 2.05) is 43.3 Å². The average Bonchev–Trinajstić information content (AvgIpc) is 2.73. The summed E-state index contributed by atoms with van der Waals surface area (Å²) in [6.07, 6.45) is 4.95. The molecule has 28 heavy (non-hydrogen) atoms. The molecule has 1 aliphatic carbocycles. The number of amides is 1. The lowest BCUT2D eigenvalue weighted by Gasteiger charge is -2.26. The van der Waals surface area contributed by atoms with Crippen molar-refractivity contribution in [1.82, 2.24) is 15.3 Å². The van der Waals surface area contributed by atoms with E-state index in [9.17, 15) is 4.79 Å². The Hall–Kier alpha value is -3.21. The van der Waals surface area contributed by atoms with Crippen molar-refractivity contribution in [2.45, 2.75) is 32.2 Å². The summed E-state index contributed by atoms with van der Waals surface area (Å²) in [5.74, 6) is 0.744. The molecule has 5 nitrogen and oxygen atoms in total. The van der Waals surface area contributed by atoms with Gasteiger partial charge in [-0.1, -0.05) is 36.4 Å². The number of aromatic nitrogens is 2. The second kappa shape index (κ2) is 8.21.